The maximum atomic E-state index is 13.3. The van der Waals surface area contributed by atoms with Crippen LogP contribution in [0.15, 0.2) is 72.3 Å². The zero-order valence-corrected chi connectivity index (χ0v) is 18.1. The van der Waals surface area contributed by atoms with Crippen LogP contribution in [0.1, 0.15) is 39.4 Å². The Bertz CT molecular complexity index is 1220. The van der Waals surface area contributed by atoms with E-state index in [-0.39, 0.29) is 11.3 Å². The fourth-order valence-electron chi connectivity index (χ4n) is 4.16. The fraction of sp³-hybridized carbons (Fsp3) is 0.185. The van der Waals surface area contributed by atoms with Gasteiger partial charge in [-0.2, -0.15) is 0 Å². The Hall–Kier alpha value is -3.66. The predicted octanol–water partition coefficient (Wildman–Crippen LogP) is 5.55. The topological polar surface area (TPSA) is 57.6 Å². The van der Waals surface area contributed by atoms with Gasteiger partial charge in [-0.1, -0.05) is 60.2 Å². The molecule has 0 radical (unpaired) electrons. The average molecular weight is 412 g/mol. The van der Waals surface area contributed by atoms with Crippen molar-refractivity contribution in [2.75, 3.05) is 4.90 Å². The molecule has 1 aliphatic rings. The smallest absolute Gasteiger partial charge is 0.300 e. The molecule has 1 aliphatic heterocycles. The summed E-state index contributed by atoms with van der Waals surface area (Å²) in [7, 11) is 0. The number of aliphatic hydroxyl groups excluding tert-OH is 1. The van der Waals surface area contributed by atoms with E-state index in [1.807, 2.05) is 94.4 Å². The lowest BCUT2D eigenvalue weighted by Gasteiger charge is -2.27. The summed E-state index contributed by atoms with van der Waals surface area (Å²) in [6, 6.07) is 20.1. The van der Waals surface area contributed by atoms with Crippen LogP contribution in [0.25, 0.3) is 5.76 Å². The first kappa shape index (κ1) is 20.6. The second-order valence-electron chi connectivity index (χ2n) is 8.12. The zero-order chi connectivity index (χ0) is 22.3. The fourth-order valence-corrected chi connectivity index (χ4v) is 4.16. The van der Waals surface area contributed by atoms with Crippen molar-refractivity contribution in [2.45, 2.75) is 33.7 Å². The summed E-state index contributed by atoms with van der Waals surface area (Å²) in [5.41, 5.74) is 5.90. The van der Waals surface area contributed by atoms with Crippen LogP contribution in [0.5, 0.6) is 0 Å². The molecule has 31 heavy (non-hydrogen) atoms. The summed E-state index contributed by atoms with van der Waals surface area (Å²) in [5, 5.41) is 11.3. The minimum Gasteiger partial charge on any atom is -0.507 e. The minimum atomic E-state index is -0.707. The van der Waals surface area contributed by atoms with Crippen LogP contribution in [-0.4, -0.2) is 16.8 Å². The van der Waals surface area contributed by atoms with Gasteiger partial charge >= 0.3 is 0 Å². The van der Waals surface area contributed by atoms with Gasteiger partial charge in [0.1, 0.15) is 5.76 Å². The molecule has 1 saturated heterocycles. The number of amides is 1. The Morgan fingerprint density at radius 1 is 0.839 bits per heavy atom. The third kappa shape index (κ3) is 3.44. The van der Waals surface area contributed by atoms with Crippen LogP contribution in [0, 0.1) is 27.7 Å². The summed E-state index contributed by atoms with van der Waals surface area (Å²) in [4.78, 5) is 28.1. The monoisotopic (exact) mass is 411 g/mol. The normalized spacial score (nSPS) is 17.9. The molecule has 0 aliphatic carbocycles. The molecule has 156 valence electrons. The largest absolute Gasteiger partial charge is 0.507 e. The second-order valence-corrected chi connectivity index (χ2v) is 8.12. The third-order valence-corrected chi connectivity index (χ3v) is 6.04. The van der Waals surface area contributed by atoms with E-state index in [4.69, 9.17) is 0 Å². The number of rotatable bonds is 3. The summed E-state index contributed by atoms with van der Waals surface area (Å²) in [5.74, 6) is -1.44. The molecule has 1 heterocycles. The highest BCUT2D eigenvalue weighted by Gasteiger charge is 2.47. The highest BCUT2D eigenvalue weighted by Crippen LogP contribution is 2.43. The van der Waals surface area contributed by atoms with Crippen molar-refractivity contribution >= 4 is 23.1 Å². The lowest BCUT2D eigenvalue weighted by molar-refractivity contribution is -0.132. The van der Waals surface area contributed by atoms with Crippen LogP contribution in [0.4, 0.5) is 5.69 Å². The standard InChI is InChI=1S/C27H25NO3/c1-16-13-14-18(3)21(15-16)25(29)23-24(20-10-6-5-7-11-20)28(27(31)26(23)30)22-12-8-9-17(2)19(22)4/h5-15,24,29H,1-4H3/b25-23+. The average Bonchev–Trinajstić information content (AvgIpc) is 3.03. The number of hydrogen-bond acceptors (Lipinski definition) is 3. The van der Waals surface area contributed by atoms with Crippen LogP contribution in [-0.2, 0) is 9.59 Å². The molecule has 4 nitrogen and oxygen atoms in total. The minimum absolute atomic E-state index is 0.116. The van der Waals surface area contributed by atoms with Crippen LogP contribution in [0.3, 0.4) is 0 Å². The molecule has 1 N–H and O–H groups in total. The van der Waals surface area contributed by atoms with E-state index in [1.54, 1.807) is 0 Å². The molecular weight excluding hydrogens is 386 g/mol. The molecule has 0 spiro atoms. The number of carbonyl (C=O) groups is 2. The number of anilines is 1. The molecule has 0 aromatic heterocycles. The number of nitrogens with zero attached hydrogens (tertiary/aromatic N) is 1. The Morgan fingerprint density at radius 3 is 2.26 bits per heavy atom. The Kier molecular flexibility index (Phi) is 5.24. The van der Waals surface area contributed by atoms with Gasteiger partial charge in [-0.25, -0.2) is 0 Å². The van der Waals surface area contributed by atoms with Gasteiger partial charge in [0.05, 0.1) is 11.6 Å². The molecule has 1 fully saturated rings. The Labute approximate surface area is 182 Å². The summed E-state index contributed by atoms with van der Waals surface area (Å²) >= 11 is 0. The predicted molar refractivity (Wildman–Crippen MR) is 123 cm³/mol. The first-order valence-electron chi connectivity index (χ1n) is 10.3. The summed E-state index contributed by atoms with van der Waals surface area (Å²) < 4.78 is 0. The van der Waals surface area contributed by atoms with Gasteiger partial charge in [0, 0.05) is 11.3 Å². The van der Waals surface area contributed by atoms with Crippen molar-refractivity contribution in [3.63, 3.8) is 0 Å². The SMILES string of the molecule is Cc1ccc(C)c(/C(O)=C2\C(=O)C(=O)N(c3cccc(C)c3C)C2c2ccccc2)c1. The van der Waals surface area contributed by atoms with E-state index < -0.39 is 17.7 Å². The van der Waals surface area contributed by atoms with E-state index in [9.17, 15) is 14.7 Å². The third-order valence-electron chi connectivity index (χ3n) is 6.04. The van der Waals surface area contributed by atoms with Crippen molar-refractivity contribution in [2.24, 2.45) is 0 Å². The van der Waals surface area contributed by atoms with Crippen molar-refractivity contribution in [1.29, 1.82) is 0 Å². The molecule has 1 amide bonds. The number of aryl methyl sites for hydroxylation is 3. The number of hydrogen-bond donors (Lipinski definition) is 1. The highest BCUT2D eigenvalue weighted by atomic mass is 16.3. The number of Topliss-reactive ketones (excluding diaryl/α,β-unsaturated/α-hetero) is 1. The number of carbonyl (C=O) groups excluding carboxylic acids is 2. The van der Waals surface area contributed by atoms with Crippen molar-refractivity contribution in [3.05, 3.63) is 106 Å². The van der Waals surface area contributed by atoms with E-state index >= 15 is 0 Å². The Balaban J connectivity index is 2.01. The van der Waals surface area contributed by atoms with Crippen LogP contribution in [0.2, 0.25) is 0 Å². The number of benzene rings is 3. The molecule has 0 bridgehead atoms. The summed E-state index contributed by atoms with van der Waals surface area (Å²) in [6.45, 7) is 7.73. The van der Waals surface area contributed by atoms with Gasteiger partial charge in [-0.15, -0.1) is 0 Å². The molecule has 3 aromatic carbocycles. The first-order valence-corrected chi connectivity index (χ1v) is 10.3. The molecule has 1 unspecified atom stereocenters. The second kappa shape index (κ2) is 7.88. The van der Waals surface area contributed by atoms with Crippen LogP contribution < -0.4 is 4.90 Å². The van der Waals surface area contributed by atoms with Gasteiger partial charge < -0.3 is 5.11 Å². The molecule has 0 saturated carbocycles. The van der Waals surface area contributed by atoms with E-state index in [2.05, 4.69) is 0 Å². The van der Waals surface area contributed by atoms with Gasteiger partial charge in [-0.05, 0) is 62.1 Å². The first-order chi connectivity index (χ1) is 14.8. The van der Waals surface area contributed by atoms with E-state index in [1.165, 1.54) is 4.90 Å². The van der Waals surface area contributed by atoms with Gasteiger partial charge in [0.15, 0.2) is 0 Å². The molecule has 1 atom stereocenters. The lowest BCUT2D eigenvalue weighted by atomic mass is 9.93. The van der Waals surface area contributed by atoms with Crippen LogP contribution >= 0.6 is 0 Å². The highest BCUT2D eigenvalue weighted by molar-refractivity contribution is 6.51. The Morgan fingerprint density at radius 2 is 1.55 bits per heavy atom. The zero-order valence-electron chi connectivity index (χ0n) is 18.1. The summed E-state index contributed by atoms with van der Waals surface area (Å²) in [6.07, 6.45) is 0. The molecule has 4 rings (SSSR count). The quantitative estimate of drug-likeness (QED) is 0.349. The molecular formula is C27H25NO3. The van der Waals surface area contributed by atoms with Crippen molar-refractivity contribution in [3.8, 4) is 0 Å². The van der Waals surface area contributed by atoms with Crippen molar-refractivity contribution in [1.82, 2.24) is 0 Å². The van der Waals surface area contributed by atoms with Gasteiger partial charge in [-0.3, -0.25) is 14.5 Å². The van der Waals surface area contributed by atoms with Crippen molar-refractivity contribution < 1.29 is 14.7 Å². The van der Waals surface area contributed by atoms with E-state index in [0.29, 0.717) is 11.3 Å². The molecule has 3 aromatic rings. The molecule has 4 heteroatoms. The maximum Gasteiger partial charge on any atom is 0.300 e. The maximum absolute atomic E-state index is 13.3. The number of aliphatic hydroxyl groups is 1. The number of ketones is 1. The van der Waals surface area contributed by atoms with Gasteiger partial charge in [0.2, 0.25) is 0 Å². The lowest BCUT2D eigenvalue weighted by Crippen LogP contribution is -2.30. The van der Waals surface area contributed by atoms with Gasteiger partial charge in [0.25, 0.3) is 11.7 Å². The van der Waals surface area contributed by atoms with E-state index in [0.717, 1.165) is 27.8 Å².